The molecular formula is C13H16Cl2N2O2. The number of likely N-dealkylation sites (tertiary alicyclic amines) is 1. The number of hydrogen-bond donors (Lipinski definition) is 0. The van der Waals surface area contributed by atoms with Crippen molar-refractivity contribution < 1.29 is 9.53 Å². The molecular weight excluding hydrogens is 287 g/mol. The molecule has 0 saturated carbocycles. The smallest absolute Gasteiger partial charge is 0.309 e. The average molecular weight is 303 g/mol. The lowest BCUT2D eigenvalue weighted by atomic mass is 9.98. The molecule has 0 radical (unpaired) electrons. The van der Waals surface area contributed by atoms with E-state index in [-0.39, 0.29) is 11.9 Å². The number of halogens is 2. The Hall–Kier alpha value is -0.840. The molecule has 4 nitrogen and oxygen atoms in total. The third-order valence-corrected chi connectivity index (χ3v) is 3.85. The zero-order valence-corrected chi connectivity index (χ0v) is 12.2. The van der Waals surface area contributed by atoms with Gasteiger partial charge in [0.15, 0.2) is 0 Å². The second kappa shape index (κ2) is 6.55. The van der Waals surface area contributed by atoms with Gasteiger partial charge in [-0.3, -0.25) is 9.69 Å². The monoisotopic (exact) mass is 302 g/mol. The molecule has 2 heterocycles. The van der Waals surface area contributed by atoms with Crippen molar-refractivity contribution in [2.75, 3.05) is 20.2 Å². The highest BCUT2D eigenvalue weighted by Crippen LogP contribution is 2.23. The van der Waals surface area contributed by atoms with E-state index in [0.29, 0.717) is 23.3 Å². The summed E-state index contributed by atoms with van der Waals surface area (Å²) in [6, 6.07) is 3.41. The Morgan fingerprint density at radius 2 is 2.32 bits per heavy atom. The van der Waals surface area contributed by atoms with E-state index >= 15 is 0 Å². The maximum atomic E-state index is 11.6. The third-order valence-electron chi connectivity index (χ3n) is 3.30. The number of esters is 1. The summed E-state index contributed by atoms with van der Waals surface area (Å²) in [5, 5.41) is 1.03. The highest BCUT2D eigenvalue weighted by atomic mass is 35.5. The zero-order chi connectivity index (χ0) is 13.8. The fraction of sp³-hybridized carbons (Fsp3) is 0.538. The van der Waals surface area contributed by atoms with E-state index in [9.17, 15) is 4.79 Å². The fourth-order valence-corrected chi connectivity index (χ4v) is 2.67. The number of aromatic nitrogens is 1. The molecule has 1 fully saturated rings. The number of piperidine rings is 1. The van der Waals surface area contributed by atoms with Crippen LogP contribution in [0.3, 0.4) is 0 Å². The lowest BCUT2D eigenvalue weighted by Crippen LogP contribution is -2.38. The van der Waals surface area contributed by atoms with Crippen LogP contribution >= 0.6 is 23.2 Å². The summed E-state index contributed by atoms with van der Waals surface area (Å²) >= 11 is 12.0. The van der Waals surface area contributed by atoms with Gasteiger partial charge in [-0.2, -0.15) is 0 Å². The summed E-state index contributed by atoms with van der Waals surface area (Å²) in [6.45, 7) is 2.21. The molecule has 1 aliphatic heterocycles. The molecule has 0 aromatic carbocycles. The lowest BCUT2D eigenvalue weighted by Gasteiger charge is -2.31. The molecule has 1 saturated heterocycles. The Kier molecular flexibility index (Phi) is 5.02. The van der Waals surface area contributed by atoms with Gasteiger partial charge < -0.3 is 4.74 Å². The van der Waals surface area contributed by atoms with Crippen molar-refractivity contribution in [3.8, 4) is 0 Å². The first kappa shape index (κ1) is 14.6. The Bertz CT molecular complexity index is 468. The van der Waals surface area contributed by atoms with Gasteiger partial charge in [0.2, 0.25) is 0 Å². The van der Waals surface area contributed by atoms with Crippen LogP contribution in [0.5, 0.6) is 0 Å². The predicted octanol–water partition coefficient (Wildman–Crippen LogP) is 2.77. The summed E-state index contributed by atoms with van der Waals surface area (Å²) in [7, 11) is 1.43. The van der Waals surface area contributed by atoms with Gasteiger partial charge in [-0.15, -0.1) is 0 Å². The first-order chi connectivity index (χ1) is 9.10. The largest absolute Gasteiger partial charge is 0.469 e. The normalized spacial score (nSPS) is 20.3. The number of hydrogen-bond acceptors (Lipinski definition) is 4. The van der Waals surface area contributed by atoms with Crippen LogP contribution in [-0.2, 0) is 16.1 Å². The molecule has 104 valence electrons. The molecule has 1 aliphatic rings. The molecule has 6 heteroatoms. The van der Waals surface area contributed by atoms with Gasteiger partial charge in [-0.25, -0.2) is 4.98 Å². The Balaban J connectivity index is 2.02. The minimum atomic E-state index is -0.144. The summed E-state index contributed by atoms with van der Waals surface area (Å²) in [6.07, 6.45) is 1.85. The summed E-state index contributed by atoms with van der Waals surface area (Å²) < 4.78 is 4.80. The quantitative estimate of drug-likeness (QED) is 0.636. The van der Waals surface area contributed by atoms with Crippen molar-refractivity contribution in [2.24, 2.45) is 5.92 Å². The van der Waals surface area contributed by atoms with Crippen LogP contribution in [0.1, 0.15) is 18.5 Å². The molecule has 0 bridgehead atoms. The summed E-state index contributed by atoms with van der Waals surface area (Å²) in [5.74, 6) is -0.202. The van der Waals surface area contributed by atoms with Gasteiger partial charge in [-0.1, -0.05) is 23.2 Å². The lowest BCUT2D eigenvalue weighted by molar-refractivity contribution is -0.147. The van der Waals surface area contributed by atoms with E-state index in [1.54, 1.807) is 12.1 Å². The van der Waals surface area contributed by atoms with E-state index in [4.69, 9.17) is 27.9 Å². The van der Waals surface area contributed by atoms with E-state index in [2.05, 4.69) is 9.88 Å². The number of rotatable bonds is 3. The molecule has 0 aliphatic carbocycles. The Morgan fingerprint density at radius 1 is 1.53 bits per heavy atom. The average Bonchev–Trinajstić information content (AvgIpc) is 2.42. The number of carbonyl (C=O) groups excluding carboxylic acids is 1. The minimum absolute atomic E-state index is 0.0586. The van der Waals surface area contributed by atoms with E-state index < -0.39 is 0 Å². The molecule has 1 aromatic heterocycles. The minimum Gasteiger partial charge on any atom is -0.469 e. The van der Waals surface area contributed by atoms with Crippen molar-refractivity contribution >= 4 is 29.2 Å². The number of pyridine rings is 1. The Morgan fingerprint density at radius 3 is 3.05 bits per heavy atom. The summed E-state index contributed by atoms with van der Waals surface area (Å²) in [5.41, 5.74) is 0.750. The van der Waals surface area contributed by atoms with Crippen LogP contribution in [0, 0.1) is 5.92 Å². The second-order valence-electron chi connectivity index (χ2n) is 4.66. The molecule has 19 heavy (non-hydrogen) atoms. The molecule has 0 spiro atoms. The highest BCUT2D eigenvalue weighted by molar-refractivity contribution is 6.32. The van der Waals surface area contributed by atoms with Crippen molar-refractivity contribution in [3.05, 3.63) is 28.0 Å². The maximum absolute atomic E-state index is 11.6. The van der Waals surface area contributed by atoms with Gasteiger partial charge in [0.25, 0.3) is 0 Å². The third kappa shape index (κ3) is 3.81. The van der Waals surface area contributed by atoms with Crippen molar-refractivity contribution in [1.82, 2.24) is 9.88 Å². The van der Waals surface area contributed by atoms with Crippen molar-refractivity contribution in [3.63, 3.8) is 0 Å². The van der Waals surface area contributed by atoms with E-state index in [1.807, 2.05) is 0 Å². The highest BCUT2D eigenvalue weighted by Gasteiger charge is 2.26. The zero-order valence-electron chi connectivity index (χ0n) is 10.7. The van der Waals surface area contributed by atoms with Crippen LogP contribution in [-0.4, -0.2) is 36.1 Å². The maximum Gasteiger partial charge on any atom is 0.309 e. The van der Waals surface area contributed by atoms with Gasteiger partial charge in [0, 0.05) is 13.1 Å². The fourth-order valence-electron chi connectivity index (χ4n) is 2.34. The van der Waals surface area contributed by atoms with Crippen molar-refractivity contribution in [2.45, 2.75) is 19.4 Å². The van der Waals surface area contributed by atoms with Gasteiger partial charge in [-0.05, 0) is 31.5 Å². The first-order valence-electron chi connectivity index (χ1n) is 6.21. The summed E-state index contributed by atoms with van der Waals surface area (Å²) in [4.78, 5) is 18.0. The van der Waals surface area contributed by atoms with Crippen LogP contribution in [0.25, 0.3) is 0 Å². The van der Waals surface area contributed by atoms with Crippen LogP contribution in [0.2, 0.25) is 10.2 Å². The van der Waals surface area contributed by atoms with Crippen molar-refractivity contribution in [1.29, 1.82) is 0 Å². The standard InChI is InChI=1S/C13H16Cl2N2O2/c1-19-13(18)9-3-2-6-17(7-9)8-11-10(14)4-5-12(15)16-11/h4-5,9H,2-3,6-8H2,1H3. The number of carbonyl (C=O) groups is 1. The predicted molar refractivity (Wildman–Crippen MR) is 74.3 cm³/mol. The first-order valence-corrected chi connectivity index (χ1v) is 6.97. The Labute approximate surface area is 122 Å². The molecule has 2 rings (SSSR count). The SMILES string of the molecule is COC(=O)C1CCCN(Cc2nc(Cl)ccc2Cl)C1. The van der Waals surface area contributed by atoms with Gasteiger partial charge >= 0.3 is 5.97 Å². The second-order valence-corrected chi connectivity index (χ2v) is 5.45. The van der Waals surface area contributed by atoms with Crippen LogP contribution in [0.4, 0.5) is 0 Å². The number of ether oxygens (including phenoxy) is 1. The molecule has 1 unspecified atom stereocenters. The number of nitrogens with zero attached hydrogens (tertiary/aromatic N) is 2. The van der Waals surface area contributed by atoms with Crippen LogP contribution < -0.4 is 0 Å². The topological polar surface area (TPSA) is 42.4 Å². The molecule has 1 aromatic rings. The van der Waals surface area contributed by atoms with Crippen LogP contribution in [0.15, 0.2) is 12.1 Å². The number of methoxy groups -OCH3 is 1. The molecule has 1 atom stereocenters. The van der Waals surface area contributed by atoms with E-state index in [0.717, 1.165) is 25.1 Å². The van der Waals surface area contributed by atoms with Gasteiger partial charge in [0.1, 0.15) is 5.15 Å². The van der Waals surface area contributed by atoms with Gasteiger partial charge in [0.05, 0.1) is 23.7 Å². The molecule has 0 N–H and O–H groups in total. The molecule has 0 amide bonds. The van der Waals surface area contributed by atoms with E-state index in [1.165, 1.54) is 7.11 Å².